The maximum atomic E-state index is 11.1. The number of nitrogens with zero attached hydrogens (tertiary/aromatic N) is 3. The van der Waals surface area contributed by atoms with Gasteiger partial charge in [0.15, 0.2) is 0 Å². The molecule has 0 amide bonds. The van der Waals surface area contributed by atoms with E-state index in [1.165, 1.54) is 0 Å². The zero-order valence-electron chi connectivity index (χ0n) is 11.2. The molecule has 0 radical (unpaired) electrons. The number of hydrogen-bond acceptors (Lipinski definition) is 3. The zero-order valence-corrected chi connectivity index (χ0v) is 11.2. The summed E-state index contributed by atoms with van der Waals surface area (Å²) >= 11 is 0. The van der Waals surface area contributed by atoms with Gasteiger partial charge in [-0.05, 0) is 19.1 Å². The van der Waals surface area contributed by atoms with Crippen molar-refractivity contribution in [3.8, 4) is 5.69 Å². The summed E-state index contributed by atoms with van der Waals surface area (Å²) in [7, 11) is 0. The molecule has 2 aromatic rings. The van der Waals surface area contributed by atoms with Gasteiger partial charge >= 0.3 is 5.97 Å². The molecule has 2 rings (SSSR count). The number of aromatic nitrogens is 3. The summed E-state index contributed by atoms with van der Waals surface area (Å²) in [6, 6.07) is 9.72. The Labute approximate surface area is 111 Å². The van der Waals surface area contributed by atoms with Crippen molar-refractivity contribution in [2.75, 3.05) is 0 Å². The number of carboxylic acid groups (broad SMARTS) is 1. The molecule has 1 aromatic carbocycles. The van der Waals surface area contributed by atoms with Crippen LogP contribution < -0.4 is 0 Å². The summed E-state index contributed by atoms with van der Waals surface area (Å²) in [6.45, 7) is 5.41. The Morgan fingerprint density at radius 1 is 1.21 bits per heavy atom. The van der Waals surface area contributed by atoms with Crippen LogP contribution in [0, 0.1) is 12.8 Å². The molecule has 2 atom stereocenters. The maximum absolute atomic E-state index is 11.1. The normalized spacial score (nSPS) is 14.1. The van der Waals surface area contributed by atoms with E-state index in [0.29, 0.717) is 5.82 Å². The molecule has 0 aliphatic carbocycles. The first-order chi connectivity index (χ1) is 9.02. The van der Waals surface area contributed by atoms with E-state index in [1.807, 2.05) is 48.7 Å². The van der Waals surface area contributed by atoms with Gasteiger partial charge in [-0.3, -0.25) is 9.36 Å². The fraction of sp³-hybridized carbons (Fsp3) is 0.357. The van der Waals surface area contributed by atoms with Crippen LogP contribution in [0.15, 0.2) is 30.3 Å². The molecule has 100 valence electrons. The second kappa shape index (κ2) is 5.22. The topological polar surface area (TPSA) is 68.0 Å². The van der Waals surface area contributed by atoms with Gasteiger partial charge in [0.1, 0.15) is 11.6 Å². The first-order valence-corrected chi connectivity index (χ1v) is 6.22. The molecule has 0 spiro atoms. The monoisotopic (exact) mass is 259 g/mol. The van der Waals surface area contributed by atoms with Gasteiger partial charge in [0.2, 0.25) is 0 Å². The Morgan fingerprint density at radius 3 is 2.42 bits per heavy atom. The number of rotatable bonds is 4. The molecule has 5 nitrogen and oxygen atoms in total. The molecular formula is C14H17N3O2. The molecular weight excluding hydrogens is 242 g/mol. The van der Waals surface area contributed by atoms with E-state index in [0.717, 1.165) is 11.5 Å². The van der Waals surface area contributed by atoms with Crippen molar-refractivity contribution < 1.29 is 9.90 Å². The second-order valence-electron chi connectivity index (χ2n) is 4.69. The van der Waals surface area contributed by atoms with Crippen molar-refractivity contribution in [2.45, 2.75) is 26.7 Å². The number of hydrogen-bond donors (Lipinski definition) is 1. The zero-order chi connectivity index (χ0) is 14.0. The Kier molecular flexibility index (Phi) is 3.64. The van der Waals surface area contributed by atoms with Crippen molar-refractivity contribution in [2.24, 2.45) is 5.92 Å². The predicted molar refractivity (Wildman–Crippen MR) is 71.3 cm³/mol. The number of para-hydroxylation sites is 1. The minimum Gasteiger partial charge on any atom is -0.481 e. The summed E-state index contributed by atoms with van der Waals surface area (Å²) in [5.41, 5.74) is 0.949. The Hall–Kier alpha value is -2.17. The van der Waals surface area contributed by atoms with Crippen molar-refractivity contribution in [1.29, 1.82) is 0 Å². The van der Waals surface area contributed by atoms with Gasteiger partial charge in [-0.2, -0.15) is 0 Å². The van der Waals surface area contributed by atoms with Gasteiger partial charge in [-0.25, -0.2) is 0 Å². The van der Waals surface area contributed by atoms with Crippen LogP contribution in [0.3, 0.4) is 0 Å². The highest BCUT2D eigenvalue weighted by Crippen LogP contribution is 2.25. The molecule has 19 heavy (non-hydrogen) atoms. The lowest BCUT2D eigenvalue weighted by atomic mass is 9.95. The van der Waals surface area contributed by atoms with Crippen molar-refractivity contribution >= 4 is 5.97 Å². The van der Waals surface area contributed by atoms with Crippen LogP contribution in [0.4, 0.5) is 0 Å². The smallest absolute Gasteiger partial charge is 0.306 e. The number of carboxylic acids is 1. The quantitative estimate of drug-likeness (QED) is 0.915. The third kappa shape index (κ3) is 2.50. The Balaban J connectivity index is 2.47. The summed E-state index contributed by atoms with van der Waals surface area (Å²) in [6.07, 6.45) is 0. The van der Waals surface area contributed by atoms with Crippen LogP contribution >= 0.6 is 0 Å². The third-order valence-electron chi connectivity index (χ3n) is 3.41. The first-order valence-electron chi connectivity index (χ1n) is 6.22. The largest absolute Gasteiger partial charge is 0.481 e. The second-order valence-corrected chi connectivity index (χ2v) is 4.69. The van der Waals surface area contributed by atoms with Gasteiger partial charge in [0.25, 0.3) is 0 Å². The summed E-state index contributed by atoms with van der Waals surface area (Å²) in [5, 5.41) is 17.3. The fourth-order valence-corrected chi connectivity index (χ4v) is 2.01. The summed E-state index contributed by atoms with van der Waals surface area (Å²) in [4.78, 5) is 11.1. The van der Waals surface area contributed by atoms with E-state index in [2.05, 4.69) is 10.2 Å². The molecule has 1 heterocycles. The molecule has 2 unspecified atom stereocenters. The van der Waals surface area contributed by atoms with Crippen molar-refractivity contribution in [3.63, 3.8) is 0 Å². The molecule has 0 saturated heterocycles. The van der Waals surface area contributed by atoms with Crippen LogP contribution in [0.25, 0.3) is 5.69 Å². The SMILES string of the molecule is Cc1nnc(C(C)C(C)C(=O)O)n1-c1ccccc1. The number of aryl methyl sites for hydroxylation is 1. The fourth-order valence-electron chi connectivity index (χ4n) is 2.01. The van der Waals surface area contributed by atoms with Gasteiger partial charge in [-0.1, -0.05) is 32.0 Å². The van der Waals surface area contributed by atoms with Crippen molar-refractivity contribution in [3.05, 3.63) is 42.0 Å². The minimum atomic E-state index is -0.826. The molecule has 5 heteroatoms. The molecule has 0 aliphatic heterocycles. The summed E-state index contributed by atoms with van der Waals surface area (Å²) < 4.78 is 1.91. The molecule has 0 bridgehead atoms. The highest BCUT2D eigenvalue weighted by atomic mass is 16.4. The number of carbonyl (C=O) groups is 1. The van der Waals surface area contributed by atoms with Gasteiger partial charge in [-0.15, -0.1) is 10.2 Å². The average molecular weight is 259 g/mol. The third-order valence-corrected chi connectivity index (χ3v) is 3.41. The van der Waals surface area contributed by atoms with Gasteiger partial charge in [0, 0.05) is 11.6 Å². The van der Waals surface area contributed by atoms with E-state index in [4.69, 9.17) is 5.11 Å². The van der Waals surface area contributed by atoms with Crippen LogP contribution in [0.5, 0.6) is 0 Å². The van der Waals surface area contributed by atoms with Gasteiger partial charge in [0.05, 0.1) is 5.92 Å². The van der Waals surface area contributed by atoms with E-state index in [-0.39, 0.29) is 5.92 Å². The Bertz CT molecular complexity index is 578. The van der Waals surface area contributed by atoms with Gasteiger partial charge < -0.3 is 5.11 Å². The van der Waals surface area contributed by atoms with Crippen LogP contribution in [-0.2, 0) is 4.79 Å². The number of benzene rings is 1. The Morgan fingerprint density at radius 2 is 1.84 bits per heavy atom. The van der Waals surface area contributed by atoms with Crippen molar-refractivity contribution in [1.82, 2.24) is 14.8 Å². The standard InChI is InChI=1S/C14H17N3O2/c1-9(10(2)14(18)19)13-16-15-11(3)17(13)12-7-5-4-6-8-12/h4-10H,1-3H3,(H,18,19). The highest BCUT2D eigenvalue weighted by Gasteiger charge is 2.26. The average Bonchev–Trinajstić information content (AvgIpc) is 2.79. The minimum absolute atomic E-state index is 0.209. The first kappa shape index (κ1) is 13.3. The van der Waals surface area contributed by atoms with E-state index in [1.54, 1.807) is 6.92 Å². The predicted octanol–water partition coefficient (Wildman–Crippen LogP) is 2.40. The highest BCUT2D eigenvalue weighted by molar-refractivity contribution is 5.70. The number of aliphatic carboxylic acids is 1. The lowest BCUT2D eigenvalue weighted by Gasteiger charge is -2.17. The van der Waals surface area contributed by atoms with Crippen LogP contribution in [0.2, 0.25) is 0 Å². The molecule has 1 N–H and O–H groups in total. The lowest BCUT2D eigenvalue weighted by molar-refractivity contribution is -0.141. The molecule has 0 aliphatic rings. The van der Waals surface area contributed by atoms with E-state index < -0.39 is 11.9 Å². The van der Waals surface area contributed by atoms with E-state index >= 15 is 0 Å². The van der Waals surface area contributed by atoms with Crippen LogP contribution in [-0.4, -0.2) is 25.8 Å². The summed E-state index contributed by atoms with van der Waals surface area (Å²) in [5.74, 6) is -0.109. The molecule has 1 aromatic heterocycles. The van der Waals surface area contributed by atoms with Crippen LogP contribution in [0.1, 0.15) is 31.4 Å². The molecule has 0 saturated carbocycles. The lowest BCUT2D eigenvalue weighted by Crippen LogP contribution is -2.20. The molecule has 0 fully saturated rings. The maximum Gasteiger partial charge on any atom is 0.306 e. The van der Waals surface area contributed by atoms with E-state index in [9.17, 15) is 4.79 Å².